The lowest BCUT2D eigenvalue weighted by Crippen LogP contribution is -2.35. The van der Waals surface area contributed by atoms with E-state index in [-0.39, 0.29) is 36.4 Å². The van der Waals surface area contributed by atoms with Crippen LogP contribution in [0.5, 0.6) is 5.75 Å². The predicted octanol–water partition coefficient (Wildman–Crippen LogP) is 31.3. The Balaban J connectivity index is -0.000000444. The lowest BCUT2D eigenvalue weighted by molar-refractivity contribution is 0.0122. The van der Waals surface area contributed by atoms with Crippen molar-refractivity contribution in [2.24, 2.45) is 58.2 Å². The molecule has 1 aromatic carbocycles. The summed E-state index contributed by atoms with van der Waals surface area (Å²) in [6.07, 6.45) is 53.3. The summed E-state index contributed by atoms with van der Waals surface area (Å²) < 4.78 is 0. The molecule has 132 heavy (non-hydrogen) atoms. The minimum absolute atomic E-state index is 0.0289. The summed E-state index contributed by atoms with van der Waals surface area (Å²) in [6.45, 7) is 88.4. The number of aryl methyl sites for hydroxylation is 1. The molecule has 0 amide bonds. The van der Waals surface area contributed by atoms with Gasteiger partial charge in [0.2, 0.25) is 0 Å². The zero-order chi connectivity index (χ0) is 103. The van der Waals surface area contributed by atoms with Crippen molar-refractivity contribution in [3.63, 3.8) is 0 Å². The van der Waals surface area contributed by atoms with Gasteiger partial charge in [0, 0.05) is 13.2 Å². The summed E-state index contributed by atoms with van der Waals surface area (Å²) in [5.74, 6) is 6.00. The van der Waals surface area contributed by atoms with E-state index in [9.17, 15) is 40.9 Å². The third-order valence-electron chi connectivity index (χ3n) is 27.6. The first-order chi connectivity index (χ1) is 60.8. The molecule has 2 bridgehead atoms. The third-order valence-corrected chi connectivity index (χ3v) is 27.6. The smallest absolute Gasteiger partial charge is 0.119 e. The molecule has 0 spiro atoms. The maximum absolute atomic E-state index is 9.81. The van der Waals surface area contributed by atoms with Gasteiger partial charge in [-0.05, 0) is 440 Å². The monoisotopic (exact) mass is 1850 g/mol. The van der Waals surface area contributed by atoms with E-state index < -0.39 is 22.4 Å². The van der Waals surface area contributed by atoms with E-state index in [0.29, 0.717) is 65.8 Å². The van der Waals surface area contributed by atoms with Gasteiger partial charge < -0.3 is 61.3 Å². The molecule has 12 N–H and O–H groups in total. The summed E-state index contributed by atoms with van der Waals surface area (Å²) in [4.78, 5) is 0. The SMILES string of the molecule is C=C(C)C1CCC(C)(O)CC1.C=C(C)CCC[C@@H](C)CCO.C=CC(=C)CCCC(C)(C)O.C=CC(C)(O)CCC=C(C)C.CC(C)=C1CCC(C)(O)CC1.CC(C)=CCC/C(C)=C/CO.CC(C)=CCC/C(C)=C\CO.CC(C)=CCC[C@@H](C)CCO.CC(C)[C@@H]1CC[C@@H](C)C[C@H]1O.CC1(C)C2CCC1(C)C(O)C2.CC1=CC[C@H](C(C)(C)O)CC1.Cc1ccc(C(C)C)c(O)c1. The predicted molar refractivity (Wildman–Crippen MR) is 579 cm³/mol. The Morgan fingerprint density at radius 3 is 1.36 bits per heavy atom. The molecule has 12 heteroatoms. The quantitative estimate of drug-likeness (QED) is 0.0238. The molecular formula is C120H218O12. The number of phenols is 1. The van der Waals surface area contributed by atoms with E-state index in [1.807, 2.05) is 72.8 Å². The molecule has 6 aliphatic carbocycles. The van der Waals surface area contributed by atoms with Gasteiger partial charge in [-0.1, -0.05) is 236 Å². The van der Waals surface area contributed by atoms with Gasteiger partial charge in [0.15, 0.2) is 0 Å². The molecule has 7 rings (SSSR count). The van der Waals surface area contributed by atoms with Crippen molar-refractivity contribution < 1.29 is 61.3 Å². The fourth-order valence-electron chi connectivity index (χ4n) is 16.8. The van der Waals surface area contributed by atoms with Crippen LogP contribution >= 0.6 is 0 Å². The fraction of sp³-hybridized carbons (Fsp3) is 0.733. The molecular weight excluding hydrogens is 1630 g/mol. The number of aromatic hydroxyl groups is 1. The molecule has 6 aliphatic rings. The summed E-state index contributed by atoms with van der Waals surface area (Å²) in [7, 11) is 0. The van der Waals surface area contributed by atoms with Crippen LogP contribution in [0, 0.1) is 65.1 Å². The summed E-state index contributed by atoms with van der Waals surface area (Å²) >= 11 is 0. The van der Waals surface area contributed by atoms with Crippen LogP contribution in [0.25, 0.3) is 0 Å². The molecule has 0 aromatic heterocycles. The number of phenolic OH excluding ortho intramolecular Hbond substituents is 1. The number of hydrogen-bond donors (Lipinski definition) is 12. The van der Waals surface area contributed by atoms with Crippen molar-refractivity contribution in [3.8, 4) is 5.75 Å². The molecule has 4 unspecified atom stereocenters. The number of aliphatic hydroxyl groups excluding tert-OH is 6. The van der Waals surface area contributed by atoms with Gasteiger partial charge in [0.25, 0.3) is 0 Å². The largest absolute Gasteiger partial charge is 0.508 e. The van der Waals surface area contributed by atoms with Crippen molar-refractivity contribution in [1.82, 2.24) is 0 Å². The van der Waals surface area contributed by atoms with Crippen LogP contribution in [0.15, 0.2) is 173 Å². The van der Waals surface area contributed by atoms with E-state index in [4.69, 9.17) is 20.4 Å². The topological polar surface area (TPSA) is 243 Å². The highest BCUT2D eigenvalue weighted by molar-refractivity contribution is 5.37. The molecule has 12 nitrogen and oxygen atoms in total. The third kappa shape index (κ3) is 72.5. The van der Waals surface area contributed by atoms with Gasteiger partial charge in [-0.15, -0.1) is 13.2 Å². The van der Waals surface area contributed by atoms with E-state index >= 15 is 0 Å². The Bertz CT molecular complexity index is 3420. The van der Waals surface area contributed by atoms with Crippen LogP contribution < -0.4 is 0 Å². The second kappa shape index (κ2) is 73.4. The zero-order valence-electron chi connectivity index (χ0n) is 92.3. The second-order valence-electron chi connectivity index (χ2n) is 45.1. The number of benzene rings is 1. The average molecular weight is 1850 g/mol. The summed E-state index contributed by atoms with van der Waals surface area (Å²) in [5.41, 5.74) is 16.2. The Morgan fingerprint density at radius 2 is 1.02 bits per heavy atom. The number of rotatable bonds is 32. The van der Waals surface area contributed by atoms with Crippen LogP contribution in [0.1, 0.15) is 450 Å². The highest BCUT2D eigenvalue weighted by Crippen LogP contribution is 2.65. The lowest BCUT2D eigenvalue weighted by Gasteiger charge is -2.36. The van der Waals surface area contributed by atoms with Crippen LogP contribution in [0.2, 0.25) is 0 Å². The summed E-state index contributed by atoms with van der Waals surface area (Å²) in [5, 5.41) is 111. The van der Waals surface area contributed by atoms with Crippen LogP contribution in [-0.2, 0) is 0 Å². The Morgan fingerprint density at radius 1 is 0.538 bits per heavy atom. The van der Waals surface area contributed by atoms with Crippen molar-refractivity contribution in [2.75, 3.05) is 26.4 Å². The fourth-order valence-corrected chi connectivity index (χ4v) is 16.8. The van der Waals surface area contributed by atoms with Crippen LogP contribution in [-0.4, -0.2) is 128 Å². The number of hydrogen-bond acceptors (Lipinski definition) is 12. The van der Waals surface area contributed by atoms with Gasteiger partial charge in [-0.2, -0.15) is 0 Å². The van der Waals surface area contributed by atoms with Gasteiger partial charge in [0.1, 0.15) is 5.75 Å². The highest BCUT2D eigenvalue weighted by atomic mass is 16.3. The molecule has 10 atom stereocenters. The molecule has 0 heterocycles. The van der Waals surface area contributed by atoms with Crippen molar-refractivity contribution in [1.29, 1.82) is 0 Å². The van der Waals surface area contributed by atoms with Crippen molar-refractivity contribution in [2.45, 2.75) is 487 Å². The maximum Gasteiger partial charge on any atom is 0.119 e. The molecule has 0 aliphatic heterocycles. The van der Waals surface area contributed by atoms with E-state index in [2.05, 4.69) is 236 Å². The molecule has 770 valence electrons. The number of fused-ring (bicyclic) bond motifs is 2. The molecule has 5 fully saturated rings. The Hall–Kier alpha value is -4.80. The minimum atomic E-state index is -0.702. The normalized spacial score (nSPS) is 23.0. The highest BCUT2D eigenvalue weighted by Gasteiger charge is 2.61. The van der Waals surface area contributed by atoms with Crippen molar-refractivity contribution in [3.05, 3.63) is 184 Å². The second-order valence-corrected chi connectivity index (χ2v) is 45.1. The van der Waals surface area contributed by atoms with Crippen LogP contribution in [0.4, 0.5) is 0 Å². The number of allylic oxidation sites excluding steroid dienone is 18. The van der Waals surface area contributed by atoms with Crippen molar-refractivity contribution >= 4 is 0 Å². The molecule has 1 aromatic rings. The van der Waals surface area contributed by atoms with Gasteiger partial charge in [0.05, 0.1) is 53.4 Å². The average Bonchev–Trinajstić information content (AvgIpc) is 1.56. The van der Waals surface area contributed by atoms with E-state index in [1.165, 1.54) is 101 Å². The first-order valence-electron chi connectivity index (χ1n) is 51.4. The Kier molecular flexibility index (Phi) is 75.4. The van der Waals surface area contributed by atoms with E-state index in [0.717, 1.165) is 195 Å². The molecule has 0 radical (unpaired) electrons. The Labute approximate surface area is 817 Å². The molecule has 5 saturated carbocycles. The molecule has 0 saturated heterocycles. The standard InChI is InChI=1S/4C10H18O.C10H20O.C10H14O.2C10H20O.4C10H18O/c1-9(2)7-4-5-10(9,3)8(11)6-7;1-8-4-6-9(7-5-8)10(2,3)11;2*1-8(2)9-4-6-10(3,11)7-5-9;2*1-7(2)9-5-4-8(3)6-10(9)11;4*1-9(2)5-4-6-10(3)7-8-11;1-5-9(2)7-6-8-10(3,4)11;1-5-10(4,11)8-6-7-9(2)3/h7-8,11H,4-6H2,1-3H3;4,9,11H,5-7H2,1-3H3;11H,4-7H2,1-3H3;9,11H,1,4-7H2,2-3H3;7-11H,4-6H2,1-3H3;4-7,11H,1-3H3;5,10-11H,4,6-8H2,1-3H3;10-11H,1,4-8H2,2-3H3;2*5,7,11H,4,6,8H2,1-3H3;5,11H,1-2,6-8H2,3-4H3;5,7,11H,1,6,8H2,2-4H3/b;;;;;;;;10-7+;10-7-;;/t;9-;;;8-,9+,10-;;2*10-;;;;/m.0..1.11..../s1. The minimum Gasteiger partial charge on any atom is -0.508 e. The lowest BCUT2D eigenvalue weighted by atomic mass is 9.70. The maximum atomic E-state index is 9.81. The summed E-state index contributed by atoms with van der Waals surface area (Å²) in [6, 6.07) is 5.81. The number of aliphatic hydroxyl groups is 11. The first kappa shape index (κ1) is 136. The first-order valence-corrected chi connectivity index (χ1v) is 51.4. The van der Waals surface area contributed by atoms with Gasteiger partial charge in [-0.3, -0.25) is 0 Å². The van der Waals surface area contributed by atoms with Gasteiger partial charge >= 0.3 is 0 Å². The zero-order valence-corrected chi connectivity index (χ0v) is 92.3. The van der Waals surface area contributed by atoms with Crippen LogP contribution in [0.3, 0.4) is 0 Å². The van der Waals surface area contributed by atoms with E-state index in [1.54, 1.807) is 30.7 Å². The van der Waals surface area contributed by atoms with Gasteiger partial charge in [-0.25, -0.2) is 0 Å².